The number of benzene rings is 2. The molecule has 0 aromatic heterocycles. The Kier molecular flexibility index (Phi) is 6.00. The van der Waals surface area contributed by atoms with Gasteiger partial charge in [0.05, 0.1) is 18.1 Å². The van der Waals surface area contributed by atoms with E-state index in [1.807, 2.05) is 44.2 Å². The third-order valence-electron chi connectivity index (χ3n) is 6.14. The summed E-state index contributed by atoms with van der Waals surface area (Å²) < 4.78 is 20.5. The molecule has 2 aromatic rings. The van der Waals surface area contributed by atoms with Crippen molar-refractivity contribution in [1.82, 2.24) is 5.32 Å². The van der Waals surface area contributed by atoms with Gasteiger partial charge in [-0.15, -0.1) is 0 Å². The maximum Gasteiger partial charge on any atom is 0.336 e. The number of hydrogen-bond donors (Lipinski definition) is 1. The summed E-state index contributed by atoms with van der Waals surface area (Å²) in [5.74, 6) is -1.80. The van der Waals surface area contributed by atoms with Crippen LogP contribution in [0.5, 0.6) is 0 Å². The lowest BCUT2D eigenvalue weighted by atomic mass is 9.68. The van der Waals surface area contributed by atoms with Crippen LogP contribution in [0.4, 0.5) is 4.39 Å². The molecule has 0 spiro atoms. The van der Waals surface area contributed by atoms with Gasteiger partial charge in [0.2, 0.25) is 0 Å². The molecule has 1 heterocycles. The molecule has 5 heteroatoms. The normalized spacial score (nSPS) is 20.0. The van der Waals surface area contributed by atoms with Crippen molar-refractivity contribution in [3.63, 3.8) is 0 Å². The molecule has 4 rings (SSSR count). The average Bonchev–Trinajstić information content (AvgIpc) is 2.73. The van der Waals surface area contributed by atoms with E-state index in [1.54, 1.807) is 25.1 Å². The van der Waals surface area contributed by atoms with E-state index in [4.69, 9.17) is 4.74 Å². The minimum absolute atomic E-state index is 0.0564. The molecule has 0 bridgehead atoms. The van der Waals surface area contributed by atoms with Gasteiger partial charge in [0.15, 0.2) is 5.78 Å². The van der Waals surface area contributed by atoms with Crippen molar-refractivity contribution in [3.8, 4) is 0 Å². The summed E-state index contributed by atoms with van der Waals surface area (Å²) in [4.78, 5) is 26.4. The first-order chi connectivity index (χ1) is 15.3. The van der Waals surface area contributed by atoms with Gasteiger partial charge < -0.3 is 10.1 Å². The molecular formula is C27H28FNO3. The quantitative estimate of drug-likeness (QED) is 0.657. The standard InChI is InChI=1S/C27H28FNO3/c1-17-23(26(31)32-14-13-18-9-5-4-6-10-18)24(19-11-7-8-12-20(19)28)25-21(29-17)15-27(2,3)16-22(25)30/h4-12,24,29H,13-16H2,1-3H3/t24-/m1/s1. The van der Waals surface area contributed by atoms with Crippen LogP contribution in [0, 0.1) is 11.2 Å². The number of ether oxygens (including phenoxy) is 1. The largest absolute Gasteiger partial charge is 0.462 e. The number of carbonyl (C=O) groups excluding carboxylic acids is 2. The van der Waals surface area contributed by atoms with Gasteiger partial charge in [-0.1, -0.05) is 62.4 Å². The third kappa shape index (κ3) is 4.38. The van der Waals surface area contributed by atoms with Gasteiger partial charge in [0, 0.05) is 35.4 Å². The van der Waals surface area contributed by atoms with E-state index in [9.17, 15) is 14.0 Å². The second kappa shape index (κ2) is 8.73. The lowest BCUT2D eigenvalue weighted by Crippen LogP contribution is -2.39. The lowest BCUT2D eigenvalue weighted by molar-refractivity contribution is -0.139. The summed E-state index contributed by atoms with van der Waals surface area (Å²) in [5, 5.41) is 3.28. The predicted octanol–water partition coefficient (Wildman–Crippen LogP) is 5.22. The number of nitrogens with one attached hydrogen (secondary N) is 1. The maximum absolute atomic E-state index is 14.9. The Morgan fingerprint density at radius 1 is 1.09 bits per heavy atom. The predicted molar refractivity (Wildman–Crippen MR) is 121 cm³/mol. The minimum atomic E-state index is -0.778. The Balaban J connectivity index is 1.68. The van der Waals surface area contributed by atoms with Crippen LogP contribution in [0.15, 0.2) is 77.1 Å². The number of hydrogen-bond acceptors (Lipinski definition) is 4. The summed E-state index contributed by atoms with van der Waals surface area (Å²) in [6.45, 7) is 6.08. The SMILES string of the molecule is CC1=C(C(=O)OCCc2ccccc2)[C@@H](c2ccccc2F)C2=C(CC(C)(C)CC2=O)N1. The molecule has 0 fully saturated rings. The Morgan fingerprint density at radius 2 is 1.78 bits per heavy atom. The number of dihydropyridines is 1. The molecule has 1 aliphatic carbocycles. The van der Waals surface area contributed by atoms with E-state index in [0.29, 0.717) is 41.7 Å². The van der Waals surface area contributed by atoms with E-state index >= 15 is 0 Å². The van der Waals surface area contributed by atoms with Gasteiger partial charge in [-0.3, -0.25) is 4.79 Å². The van der Waals surface area contributed by atoms with E-state index in [0.717, 1.165) is 11.3 Å². The maximum atomic E-state index is 14.9. The van der Waals surface area contributed by atoms with Gasteiger partial charge >= 0.3 is 5.97 Å². The van der Waals surface area contributed by atoms with Gasteiger partial charge in [-0.2, -0.15) is 0 Å². The molecule has 0 amide bonds. The molecule has 2 aliphatic rings. The van der Waals surface area contributed by atoms with Gasteiger partial charge in [-0.05, 0) is 30.4 Å². The molecule has 166 valence electrons. The highest BCUT2D eigenvalue weighted by Gasteiger charge is 2.43. The molecule has 0 saturated heterocycles. The first-order valence-corrected chi connectivity index (χ1v) is 11.0. The van der Waals surface area contributed by atoms with E-state index < -0.39 is 17.7 Å². The fourth-order valence-electron chi connectivity index (χ4n) is 4.71. The fraction of sp³-hybridized carbons (Fsp3) is 0.333. The van der Waals surface area contributed by atoms with Gasteiger partial charge in [-0.25, -0.2) is 9.18 Å². The molecule has 1 atom stereocenters. The summed E-state index contributed by atoms with van der Waals surface area (Å²) in [5.41, 5.74) is 3.35. The number of halogens is 1. The minimum Gasteiger partial charge on any atom is -0.462 e. The number of Topliss-reactive ketones (excluding diaryl/α,β-unsaturated/α-hetero) is 1. The van der Waals surface area contributed by atoms with Crippen molar-refractivity contribution in [2.45, 2.75) is 46.0 Å². The van der Waals surface area contributed by atoms with E-state index in [2.05, 4.69) is 5.32 Å². The van der Waals surface area contributed by atoms with Gasteiger partial charge in [0.1, 0.15) is 5.82 Å². The molecule has 0 saturated carbocycles. The number of rotatable bonds is 5. The zero-order valence-corrected chi connectivity index (χ0v) is 18.7. The first-order valence-electron chi connectivity index (χ1n) is 11.0. The number of esters is 1. The van der Waals surface area contributed by atoms with Crippen molar-refractivity contribution in [3.05, 3.63) is 94.1 Å². The third-order valence-corrected chi connectivity index (χ3v) is 6.14. The fourth-order valence-corrected chi connectivity index (χ4v) is 4.71. The van der Waals surface area contributed by atoms with Gasteiger partial charge in [0.25, 0.3) is 0 Å². The van der Waals surface area contributed by atoms with Crippen molar-refractivity contribution >= 4 is 11.8 Å². The highest BCUT2D eigenvalue weighted by Crippen LogP contribution is 2.47. The summed E-state index contributed by atoms with van der Waals surface area (Å²) in [6, 6.07) is 16.1. The first kappa shape index (κ1) is 22.0. The summed E-state index contributed by atoms with van der Waals surface area (Å²) in [6.07, 6.45) is 1.60. The topological polar surface area (TPSA) is 55.4 Å². The zero-order chi connectivity index (χ0) is 22.9. The molecular weight excluding hydrogens is 405 g/mol. The molecule has 0 radical (unpaired) electrons. The molecule has 4 nitrogen and oxygen atoms in total. The highest BCUT2D eigenvalue weighted by atomic mass is 19.1. The van der Waals surface area contributed by atoms with Crippen LogP contribution in [-0.2, 0) is 20.7 Å². The molecule has 2 aromatic carbocycles. The Hall–Kier alpha value is -3.21. The smallest absolute Gasteiger partial charge is 0.336 e. The Morgan fingerprint density at radius 3 is 2.50 bits per heavy atom. The molecule has 0 unspecified atom stereocenters. The zero-order valence-electron chi connectivity index (χ0n) is 18.7. The van der Waals surface area contributed by atoms with Crippen LogP contribution < -0.4 is 5.32 Å². The van der Waals surface area contributed by atoms with Crippen LogP contribution in [0.3, 0.4) is 0 Å². The Labute approximate surface area is 188 Å². The van der Waals surface area contributed by atoms with Crippen molar-refractivity contribution in [2.24, 2.45) is 5.41 Å². The van der Waals surface area contributed by atoms with Crippen LogP contribution in [0.25, 0.3) is 0 Å². The van der Waals surface area contributed by atoms with E-state index in [1.165, 1.54) is 6.07 Å². The van der Waals surface area contributed by atoms with Crippen LogP contribution in [-0.4, -0.2) is 18.4 Å². The van der Waals surface area contributed by atoms with E-state index in [-0.39, 0.29) is 17.8 Å². The second-order valence-corrected chi connectivity index (χ2v) is 9.32. The van der Waals surface area contributed by atoms with Crippen LogP contribution >= 0.6 is 0 Å². The summed E-state index contributed by atoms with van der Waals surface area (Å²) in [7, 11) is 0. The second-order valence-electron chi connectivity index (χ2n) is 9.32. The molecule has 1 N–H and O–H groups in total. The highest BCUT2D eigenvalue weighted by molar-refractivity contribution is 6.04. The molecule has 32 heavy (non-hydrogen) atoms. The average molecular weight is 434 g/mol. The lowest BCUT2D eigenvalue weighted by Gasteiger charge is -2.39. The number of ketones is 1. The van der Waals surface area contributed by atoms with Crippen molar-refractivity contribution < 1.29 is 18.7 Å². The Bertz CT molecular complexity index is 1110. The summed E-state index contributed by atoms with van der Waals surface area (Å²) >= 11 is 0. The molecule has 1 aliphatic heterocycles. The van der Waals surface area contributed by atoms with Crippen LogP contribution in [0.2, 0.25) is 0 Å². The van der Waals surface area contributed by atoms with Crippen molar-refractivity contribution in [2.75, 3.05) is 6.61 Å². The number of allylic oxidation sites excluding steroid dienone is 3. The van der Waals surface area contributed by atoms with Crippen molar-refractivity contribution in [1.29, 1.82) is 0 Å². The monoisotopic (exact) mass is 433 g/mol. The number of carbonyl (C=O) groups is 2. The van der Waals surface area contributed by atoms with Crippen LogP contribution in [0.1, 0.15) is 50.7 Å².